The number of nitrogens with zero attached hydrogens (tertiary/aromatic N) is 1. The molecule has 0 bridgehead atoms. The van der Waals surface area contributed by atoms with Gasteiger partial charge in [-0.25, -0.2) is 17.8 Å². The summed E-state index contributed by atoms with van der Waals surface area (Å²) < 4.78 is 36.9. The normalized spacial score (nSPS) is 15.6. The Morgan fingerprint density at radius 3 is 2.47 bits per heavy atom. The first-order valence-corrected chi connectivity index (χ1v) is 12.6. The van der Waals surface area contributed by atoms with E-state index >= 15 is 0 Å². The number of carbonyl (C=O) groups excluding carboxylic acids is 1. The number of amides is 1. The molecule has 1 aromatic rings. The molecule has 1 aliphatic rings. The second kappa shape index (κ2) is 11.9. The molecule has 0 spiro atoms. The Labute approximate surface area is 178 Å². The van der Waals surface area contributed by atoms with Crippen molar-refractivity contribution in [3.63, 3.8) is 0 Å². The highest BCUT2D eigenvalue weighted by Gasteiger charge is 2.20. The van der Waals surface area contributed by atoms with Crippen molar-refractivity contribution in [1.82, 2.24) is 16.0 Å². The van der Waals surface area contributed by atoms with E-state index in [0.717, 1.165) is 31.9 Å². The minimum atomic E-state index is -3.24. The van der Waals surface area contributed by atoms with Crippen LogP contribution in [0.3, 0.4) is 0 Å². The largest absolute Gasteiger partial charge is 0.357 e. The average Bonchev–Trinajstić information content (AvgIpc) is 2.70. The molecular weight excluding hydrogens is 407 g/mol. The molecule has 30 heavy (non-hydrogen) atoms. The second-order valence-electron chi connectivity index (χ2n) is 7.73. The third-order valence-electron chi connectivity index (χ3n) is 5.03. The third kappa shape index (κ3) is 8.69. The van der Waals surface area contributed by atoms with Crippen LogP contribution >= 0.6 is 0 Å². The van der Waals surface area contributed by atoms with E-state index in [1.165, 1.54) is 24.6 Å². The molecule has 9 heteroatoms. The second-order valence-corrected chi connectivity index (χ2v) is 9.87. The molecule has 0 aromatic heterocycles. The number of rotatable bonds is 9. The molecule has 1 fully saturated rings. The maximum Gasteiger partial charge on any atom is 0.223 e. The van der Waals surface area contributed by atoms with Gasteiger partial charge in [-0.3, -0.25) is 4.79 Å². The van der Waals surface area contributed by atoms with Crippen LogP contribution in [0.1, 0.15) is 50.2 Å². The van der Waals surface area contributed by atoms with Gasteiger partial charge in [0, 0.05) is 31.8 Å². The molecule has 2 rings (SSSR count). The molecule has 1 amide bonds. The highest BCUT2D eigenvalue weighted by atomic mass is 32.2. The van der Waals surface area contributed by atoms with Crippen LogP contribution in [0.5, 0.6) is 0 Å². The van der Waals surface area contributed by atoms with E-state index in [0.29, 0.717) is 36.7 Å². The molecule has 0 saturated heterocycles. The van der Waals surface area contributed by atoms with Crippen molar-refractivity contribution < 1.29 is 17.6 Å². The van der Waals surface area contributed by atoms with E-state index < -0.39 is 15.7 Å². The van der Waals surface area contributed by atoms with E-state index in [1.54, 1.807) is 0 Å². The number of hydrogen-bond acceptors (Lipinski definition) is 4. The smallest absolute Gasteiger partial charge is 0.223 e. The summed E-state index contributed by atoms with van der Waals surface area (Å²) in [6, 6.07) is 4.06. The number of guanidine groups is 1. The first kappa shape index (κ1) is 24.1. The lowest BCUT2D eigenvalue weighted by molar-refractivity contribution is -0.125. The SMILES string of the molecule is CCNC(=NCc1cc(F)ccc1CS(C)(=O)=O)NCCNC(=O)C1CCCCC1. The molecule has 1 aromatic carbocycles. The van der Waals surface area contributed by atoms with Crippen LogP contribution in [0.25, 0.3) is 0 Å². The fraction of sp³-hybridized carbons (Fsp3) is 0.619. The molecule has 3 N–H and O–H groups in total. The van der Waals surface area contributed by atoms with E-state index in [9.17, 15) is 17.6 Å². The lowest BCUT2D eigenvalue weighted by Gasteiger charge is -2.21. The molecule has 168 valence electrons. The Hall–Kier alpha value is -2.16. The maximum absolute atomic E-state index is 13.7. The van der Waals surface area contributed by atoms with Crippen LogP contribution in [-0.2, 0) is 26.9 Å². The summed E-state index contributed by atoms with van der Waals surface area (Å²) in [6.45, 7) is 3.70. The van der Waals surface area contributed by atoms with Crippen molar-refractivity contribution >= 4 is 21.7 Å². The van der Waals surface area contributed by atoms with Gasteiger partial charge in [0.2, 0.25) is 5.91 Å². The van der Waals surface area contributed by atoms with E-state index in [-0.39, 0.29) is 24.1 Å². The van der Waals surface area contributed by atoms with Crippen molar-refractivity contribution in [3.05, 3.63) is 35.1 Å². The Balaban J connectivity index is 1.91. The first-order chi connectivity index (χ1) is 14.3. The van der Waals surface area contributed by atoms with Gasteiger partial charge in [-0.05, 0) is 43.0 Å². The summed E-state index contributed by atoms with van der Waals surface area (Å²) in [6.07, 6.45) is 6.53. The number of sulfone groups is 1. The van der Waals surface area contributed by atoms with Crippen LogP contribution in [0.4, 0.5) is 4.39 Å². The number of carbonyl (C=O) groups is 1. The average molecular weight is 441 g/mol. The Morgan fingerprint density at radius 1 is 1.10 bits per heavy atom. The van der Waals surface area contributed by atoms with Gasteiger partial charge in [0.1, 0.15) is 5.82 Å². The lowest BCUT2D eigenvalue weighted by atomic mass is 9.89. The Bertz CT molecular complexity index is 837. The molecule has 0 heterocycles. The van der Waals surface area contributed by atoms with Crippen LogP contribution in [-0.4, -0.2) is 46.2 Å². The predicted molar refractivity (Wildman–Crippen MR) is 117 cm³/mol. The summed E-state index contributed by atoms with van der Waals surface area (Å²) in [5.74, 6) is 0.181. The Morgan fingerprint density at radius 2 is 1.80 bits per heavy atom. The summed E-state index contributed by atoms with van der Waals surface area (Å²) in [5.41, 5.74) is 1.07. The topological polar surface area (TPSA) is 99.7 Å². The summed E-state index contributed by atoms with van der Waals surface area (Å²) in [4.78, 5) is 16.6. The number of halogens is 1. The minimum Gasteiger partial charge on any atom is -0.357 e. The minimum absolute atomic E-state index is 0.114. The van der Waals surface area contributed by atoms with Crippen LogP contribution < -0.4 is 16.0 Å². The summed E-state index contributed by atoms with van der Waals surface area (Å²) in [5, 5.41) is 9.21. The van der Waals surface area contributed by atoms with Gasteiger partial charge in [0.15, 0.2) is 15.8 Å². The van der Waals surface area contributed by atoms with Crippen molar-refractivity contribution in [3.8, 4) is 0 Å². The molecule has 1 saturated carbocycles. The zero-order valence-electron chi connectivity index (χ0n) is 17.8. The monoisotopic (exact) mass is 440 g/mol. The van der Waals surface area contributed by atoms with Crippen molar-refractivity contribution in [2.45, 2.75) is 51.3 Å². The van der Waals surface area contributed by atoms with Gasteiger partial charge in [-0.2, -0.15) is 0 Å². The zero-order chi connectivity index (χ0) is 22.0. The number of aliphatic imine (C=N–C) groups is 1. The first-order valence-electron chi connectivity index (χ1n) is 10.5. The molecule has 0 unspecified atom stereocenters. The van der Waals surface area contributed by atoms with Gasteiger partial charge in [-0.15, -0.1) is 0 Å². The van der Waals surface area contributed by atoms with Gasteiger partial charge in [0.05, 0.1) is 12.3 Å². The van der Waals surface area contributed by atoms with Crippen LogP contribution in [0.2, 0.25) is 0 Å². The van der Waals surface area contributed by atoms with Gasteiger partial charge in [0.25, 0.3) is 0 Å². The fourth-order valence-electron chi connectivity index (χ4n) is 3.55. The predicted octanol–water partition coefficient (Wildman–Crippen LogP) is 2.12. The van der Waals surface area contributed by atoms with Gasteiger partial charge in [-0.1, -0.05) is 25.3 Å². The number of hydrogen-bond donors (Lipinski definition) is 3. The quantitative estimate of drug-likeness (QED) is 0.310. The molecule has 1 aliphatic carbocycles. The summed E-state index contributed by atoms with van der Waals surface area (Å²) in [7, 11) is -3.24. The van der Waals surface area contributed by atoms with Crippen LogP contribution in [0.15, 0.2) is 23.2 Å². The van der Waals surface area contributed by atoms with Crippen LogP contribution in [0, 0.1) is 11.7 Å². The van der Waals surface area contributed by atoms with Crippen molar-refractivity contribution in [1.29, 1.82) is 0 Å². The van der Waals surface area contributed by atoms with E-state index in [1.807, 2.05) is 6.92 Å². The number of nitrogens with one attached hydrogen (secondary N) is 3. The van der Waals surface area contributed by atoms with E-state index in [4.69, 9.17) is 0 Å². The molecule has 0 radical (unpaired) electrons. The Kier molecular flexibility index (Phi) is 9.55. The lowest BCUT2D eigenvalue weighted by Crippen LogP contribution is -2.42. The van der Waals surface area contributed by atoms with Crippen molar-refractivity contribution in [2.24, 2.45) is 10.9 Å². The molecule has 0 atom stereocenters. The summed E-state index contributed by atoms with van der Waals surface area (Å²) >= 11 is 0. The third-order valence-corrected chi connectivity index (χ3v) is 5.87. The number of benzene rings is 1. The highest BCUT2D eigenvalue weighted by Crippen LogP contribution is 2.23. The zero-order valence-corrected chi connectivity index (χ0v) is 18.7. The van der Waals surface area contributed by atoms with Gasteiger partial charge < -0.3 is 16.0 Å². The fourth-order valence-corrected chi connectivity index (χ4v) is 4.39. The van der Waals surface area contributed by atoms with E-state index in [2.05, 4.69) is 20.9 Å². The van der Waals surface area contributed by atoms with Crippen molar-refractivity contribution in [2.75, 3.05) is 25.9 Å². The maximum atomic E-state index is 13.7. The standard InChI is InChI=1S/C21H33FN4O3S/c1-3-23-21(25-12-11-24-20(27)16-7-5-4-6-8-16)26-14-18-13-19(22)10-9-17(18)15-30(2,28)29/h9-10,13,16H,3-8,11-12,14-15H2,1-2H3,(H,24,27)(H2,23,25,26). The van der Waals surface area contributed by atoms with Gasteiger partial charge >= 0.3 is 0 Å². The molecular formula is C21H33FN4O3S. The molecule has 0 aliphatic heterocycles. The highest BCUT2D eigenvalue weighted by molar-refractivity contribution is 7.89. The molecule has 7 nitrogen and oxygen atoms in total.